The van der Waals surface area contributed by atoms with Gasteiger partial charge in [-0.2, -0.15) is 0 Å². The summed E-state index contributed by atoms with van der Waals surface area (Å²) in [5.74, 6) is 1.55. The third-order valence-corrected chi connectivity index (χ3v) is 5.23. The normalized spacial score (nSPS) is 18.8. The summed E-state index contributed by atoms with van der Waals surface area (Å²) in [5, 5.41) is 14.5. The zero-order valence-electron chi connectivity index (χ0n) is 15.5. The van der Waals surface area contributed by atoms with E-state index in [2.05, 4.69) is 22.2 Å². The topological polar surface area (TPSA) is 69.6 Å². The second-order valence-electron chi connectivity index (χ2n) is 7.11. The fraction of sp³-hybridized carbons (Fsp3) is 0.318. The molecule has 2 heterocycles. The Labute approximate surface area is 159 Å². The first-order chi connectivity index (χ1) is 13.2. The molecule has 0 bridgehead atoms. The van der Waals surface area contributed by atoms with Gasteiger partial charge in [0.25, 0.3) is 0 Å². The molecule has 0 saturated carbocycles. The summed E-state index contributed by atoms with van der Waals surface area (Å²) in [4.78, 5) is 7.46. The highest BCUT2D eigenvalue weighted by Gasteiger charge is 2.21. The van der Waals surface area contributed by atoms with E-state index in [1.807, 2.05) is 48.5 Å². The number of fused-ring (bicyclic) bond motifs is 1. The van der Waals surface area contributed by atoms with Crippen molar-refractivity contribution < 1.29 is 9.84 Å². The molecule has 1 aliphatic rings. The van der Waals surface area contributed by atoms with Crippen LogP contribution < -0.4 is 10.1 Å². The molecule has 3 N–H and O–H groups in total. The standard InChI is InChI=1S/C22H25N3O2/c1-15(16-5-4-12-23-13-16)27-18-10-8-17(9-11-18)24-14-20-19-6-2-3-7-21(19)25-22(20)26/h2-3,6-11,14-16,23,25-26H,4-5,12-13H2,1H3. The summed E-state index contributed by atoms with van der Waals surface area (Å²) in [6, 6.07) is 15.5. The van der Waals surface area contributed by atoms with Crippen molar-refractivity contribution >= 4 is 22.8 Å². The zero-order valence-corrected chi connectivity index (χ0v) is 15.5. The molecule has 3 aromatic rings. The fourth-order valence-electron chi connectivity index (χ4n) is 3.62. The number of aromatic hydroxyl groups is 1. The molecule has 2 aromatic carbocycles. The van der Waals surface area contributed by atoms with E-state index in [1.54, 1.807) is 6.21 Å². The predicted molar refractivity (Wildman–Crippen MR) is 109 cm³/mol. The average molecular weight is 363 g/mol. The van der Waals surface area contributed by atoms with Gasteiger partial charge < -0.3 is 20.1 Å². The van der Waals surface area contributed by atoms with E-state index < -0.39 is 0 Å². The third-order valence-electron chi connectivity index (χ3n) is 5.23. The number of H-pyrrole nitrogens is 1. The molecule has 27 heavy (non-hydrogen) atoms. The number of piperidine rings is 1. The number of para-hydroxylation sites is 1. The smallest absolute Gasteiger partial charge is 0.198 e. The highest BCUT2D eigenvalue weighted by molar-refractivity contribution is 6.02. The van der Waals surface area contributed by atoms with Gasteiger partial charge in [-0.1, -0.05) is 18.2 Å². The number of ether oxygens (including phenoxy) is 1. The maximum absolute atomic E-state index is 10.1. The van der Waals surface area contributed by atoms with Gasteiger partial charge in [-0.05, 0) is 56.6 Å². The lowest BCUT2D eigenvalue weighted by molar-refractivity contribution is 0.131. The molecule has 0 amide bonds. The number of nitrogens with zero attached hydrogens (tertiary/aromatic N) is 1. The Morgan fingerprint density at radius 2 is 2.00 bits per heavy atom. The number of rotatable bonds is 5. The molecule has 0 aliphatic carbocycles. The van der Waals surface area contributed by atoms with Crippen LogP contribution in [-0.4, -0.2) is 35.5 Å². The Kier molecular flexibility index (Phi) is 5.12. The van der Waals surface area contributed by atoms with Crippen molar-refractivity contribution in [3.63, 3.8) is 0 Å². The molecule has 5 heteroatoms. The predicted octanol–water partition coefficient (Wildman–Crippen LogP) is 4.39. The Morgan fingerprint density at radius 1 is 1.19 bits per heavy atom. The van der Waals surface area contributed by atoms with Crippen molar-refractivity contribution in [3.8, 4) is 11.6 Å². The molecule has 2 unspecified atom stereocenters. The minimum Gasteiger partial charge on any atom is -0.494 e. The van der Waals surface area contributed by atoms with Crippen molar-refractivity contribution in [2.45, 2.75) is 25.9 Å². The first-order valence-corrected chi connectivity index (χ1v) is 9.52. The van der Waals surface area contributed by atoms with Crippen LogP contribution >= 0.6 is 0 Å². The van der Waals surface area contributed by atoms with Crippen molar-refractivity contribution in [1.82, 2.24) is 10.3 Å². The Balaban J connectivity index is 1.44. The first-order valence-electron chi connectivity index (χ1n) is 9.52. The van der Waals surface area contributed by atoms with Crippen LogP contribution in [0.3, 0.4) is 0 Å². The fourth-order valence-corrected chi connectivity index (χ4v) is 3.62. The van der Waals surface area contributed by atoms with E-state index in [-0.39, 0.29) is 12.0 Å². The van der Waals surface area contributed by atoms with Crippen molar-refractivity contribution in [1.29, 1.82) is 0 Å². The third kappa shape index (κ3) is 3.98. The number of hydrogen-bond donors (Lipinski definition) is 3. The maximum atomic E-state index is 10.1. The zero-order chi connectivity index (χ0) is 18.6. The quantitative estimate of drug-likeness (QED) is 0.589. The van der Waals surface area contributed by atoms with Gasteiger partial charge in [0.05, 0.1) is 17.4 Å². The molecule has 1 aliphatic heterocycles. The molecule has 0 radical (unpaired) electrons. The molecule has 1 aromatic heterocycles. The van der Waals surface area contributed by atoms with Gasteiger partial charge in [-0.25, -0.2) is 0 Å². The lowest BCUT2D eigenvalue weighted by Crippen LogP contribution is -2.37. The van der Waals surface area contributed by atoms with Crippen molar-refractivity contribution in [3.05, 3.63) is 54.1 Å². The summed E-state index contributed by atoms with van der Waals surface area (Å²) in [5.41, 5.74) is 2.41. The van der Waals surface area contributed by atoms with Gasteiger partial charge in [-0.3, -0.25) is 4.99 Å². The summed E-state index contributed by atoms with van der Waals surface area (Å²) in [6.45, 7) is 4.28. The Bertz CT molecular complexity index is 924. The minimum atomic E-state index is 0.134. The largest absolute Gasteiger partial charge is 0.494 e. The van der Waals surface area contributed by atoms with Crippen LogP contribution in [-0.2, 0) is 0 Å². The second-order valence-corrected chi connectivity index (χ2v) is 7.11. The number of aromatic nitrogens is 1. The summed E-state index contributed by atoms with van der Waals surface area (Å²) in [6.07, 6.45) is 4.31. The van der Waals surface area contributed by atoms with Crippen LogP contribution in [0.5, 0.6) is 11.6 Å². The summed E-state index contributed by atoms with van der Waals surface area (Å²) < 4.78 is 6.10. The highest BCUT2D eigenvalue weighted by Crippen LogP contribution is 2.27. The highest BCUT2D eigenvalue weighted by atomic mass is 16.5. The monoisotopic (exact) mass is 363 g/mol. The van der Waals surface area contributed by atoms with E-state index in [0.717, 1.165) is 35.4 Å². The number of nitrogens with one attached hydrogen (secondary N) is 2. The Morgan fingerprint density at radius 3 is 2.78 bits per heavy atom. The SMILES string of the molecule is CC(Oc1ccc(N=Cc2c(O)[nH]c3ccccc23)cc1)C1CCCNC1. The lowest BCUT2D eigenvalue weighted by atomic mass is 9.95. The van der Waals surface area contributed by atoms with Gasteiger partial charge >= 0.3 is 0 Å². The van der Waals surface area contributed by atoms with Gasteiger partial charge in [0, 0.05) is 29.6 Å². The van der Waals surface area contributed by atoms with E-state index >= 15 is 0 Å². The van der Waals surface area contributed by atoms with Crippen LogP contribution in [0.1, 0.15) is 25.3 Å². The summed E-state index contributed by atoms with van der Waals surface area (Å²) >= 11 is 0. The number of aromatic amines is 1. The van der Waals surface area contributed by atoms with Crippen LogP contribution in [0.4, 0.5) is 5.69 Å². The van der Waals surface area contributed by atoms with Gasteiger partial charge in [0.15, 0.2) is 5.88 Å². The van der Waals surface area contributed by atoms with E-state index in [4.69, 9.17) is 4.74 Å². The van der Waals surface area contributed by atoms with Crippen molar-refractivity contribution in [2.24, 2.45) is 10.9 Å². The maximum Gasteiger partial charge on any atom is 0.198 e. The number of hydrogen-bond acceptors (Lipinski definition) is 4. The molecule has 5 nitrogen and oxygen atoms in total. The molecule has 1 fully saturated rings. The first kappa shape index (κ1) is 17.6. The van der Waals surface area contributed by atoms with Crippen LogP contribution in [0.25, 0.3) is 10.9 Å². The van der Waals surface area contributed by atoms with Crippen LogP contribution in [0, 0.1) is 5.92 Å². The van der Waals surface area contributed by atoms with Gasteiger partial charge in [-0.15, -0.1) is 0 Å². The number of aliphatic imine (C=N–C) groups is 1. The van der Waals surface area contributed by atoms with Crippen LogP contribution in [0.15, 0.2) is 53.5 Å². The summed E-state index contributed by atoms with van der Waals surface area (Å²) in [7, 11) is 0. The van der Waals surface area contributed by atoms with Gasteiger partial charge in [0.1, 0.15) is 5.75 Å². The van der Waals surface area contributed by atoms with E-state index in [9.17, 15) is 5.11 Å². The molecule has 140 valence electrons. The lowest BCUT2D eigenvalue weighted by Gasteiger charge is -2.28. The molecular formula is C22H25N3O2. The molecule has 2 atom stereocenters. The molecule has 1 saturated heterocycles. The van der Waals surface area contributed by atoms with Gasteiger partial charge in [0.2, 0.25) is 0 Å². The molecule has 4 rings (SSSR count). The van der Waals surface area contributed by atoms with Crippen molar-refractivity contribution in [2.75, 3.05) is 13.1 Å². The van der Waals surface area contributed by atoms with E-state index in [1.165, 1.54) is 12.8 Å². The second kappa shape index (κ2) is 7.84. The van der Waals surface area contributed by atoms with E-state index in [0.29, 0.717) is 11.5 Å². The minimum absolute atomic E-state index is 0.134. The number of benzene rings is 2. The average Bonchev–Trinajstić information content (AvgIpc) is 3.03. The molecular weight excluding hydrogens is 338 g/mol. The molecule has 0 spiro atoms. The van der Waals surface area contributed by atoms with Crippen LogP contribution in [0.2, 0.25) is 0 Å². The Hall–Kier alpha value is -2.79.